The second-order valence-corrected chi connectivity index (χ2v) is 6.88. The average Bonchev–Trinajstić information content (AvgIpc) is 2.80. The van der Waals surface area contributed by atoms with Crippen molar-refractivity contribution < 1.29 is 9.53 Å². The summed E-state index contributed by atoms with van der Waals surface area (Å²) in [5, 5.41) is 6.92. The van der Waals surface area contributed by atoms with Gasteiger partial charge in [-0.05, 0) is 32.6 Å². The highest BCUT2D eigenvalue weighted by atomic mass is 35.5. The van der Waals surface area contributed by atoms with Gasteiger partial charge in [0.05, 0.1) is 18.4 Å². The molecule has 1 fully saturated rings. The van der Waals surface area contributed by atoms with Crippen LogP contribution < -0.4 is 10.6 Å². The predicted octanol–water partition coefficient (Wildman–Crippen LogP) is 2.54. The zero-order chi connectivity index (χ0) is 14.7. The number of amides is 1. The maximum absolute atomic E-state index is 12.3. The second-order valence-electron chi connectivity index (χ2n) is 5.80. The zero-order valence-electron chi connectivity index (χ0n) is 12.9. The van der Waals surface area contributed by atoms with Crippen LogP contribution in [0.4, 0.5) is 5.13 Å². The smallest absolute Gasteiger partial charge is 0.245 e. The lowest BCUT2D eigenvalue weighted by atomic mass is 10.0. The molecular weight excluding hydrogens is 322 g/mol. The summed E-state index contributed by atoms with van der Waals surface area (Å²) >= 11 is 1.64. The average molecular weight is 346 g/mol. The summed E-state index contributed by atoms with van der Waals surface area (Å²) in [6.07, 6.45) is 7.09. The third-order valence-electron chi connectivity index (χ3n) is 4.17. The fourth-order valence-corrected chi connectivity index (χ4v) is 4.02. The molecule has 22 heavy (non-hydrogen) atoms. The molecule has 7 heteroatoms. The quantitative estimate of drug-likeness (QED) is 0.864. The van der Waals surface area contributed by atoms with Gasteiger partial charge in [-0.1, -0.05) is 12.8 Å². The fraction of sp³-hybridized carbons (Fsp3) is 0.733. The van der Waals surface area contributed by atoms with Gasteiger partial charge < -0.3 is 15.4 Å². The summed E-state index contributed by atoms with van der Waals surface area (Å²) in [4.78, 5) is 18.3. The summed E-state index contributed by atoms with van der Waals surface area (Å²) in [6, 6.07) is -0.287. The molecule has 0 unspecified atom stereocenters. The first kappa shape index (κ1) is 17.7. The topological polar surface area (TPSA) is 63.2 Å². The number of carbonyl (C=O) groups excluding carboxylic acids is 1. The summed E-state index contributed by atoms with van der Waals surface area (Å²) in [6.45, 7) is 3.31. The van der Waals surface area contributed by atoms with Gasteiger partial charge in [-0.2, -0.15) is 0 Å². The van der Waals surface area contributed by atoms with E-state index in [1.54, 1.807) is 11.3 Å². The molecule has 0 bridgehead atoms. The van der Waals surface area contributed by atoms with E-state index in [2.05, 4.69) is 15.6 Å². The molecule has 1 aromatic rings. The second kappa shape index (κ2) is 8.24. The maximum atomic E-state index is 12.3. The number of carbonyl (C=O) groups is 1. The predicted molar refractivity (Wildman–Crippen MR) is 91.1 cm³/mol. The highest BCUT2D eigenvalue weighted by Gasteiger charge is 2.29. The zero-order valence-corrected chi connectivity index (χ0v) is 14.5. The van der Waals surface area contributed by atoms with E-state index >= 15 is 0 Å². The number of nitrogens with one attached hydrogen (secondary N) is 2. The van der Waals surface area contributed by atoms with E-state index in [1.807, 2.05) is 6.92 Å². The first-order valence-electron chi connectivity index (χ1n) is 7.88. The molecule has 3 rings (SSSR count). The molecule has 124 valence electrons. The Morgan fingerprint density at radius 3 is 2.86 bits per heavy atom. The molecule has 1 amide bonds. The molecular formula is C15H24ClN3O2S. The molecule has 1 aromatic heterocycles. The van der Waals surface area contributed by atoms with Crippen molar-refractivity contribution in [3.8, 4) is 0 Å². The highest BCUT2D eigenvalue weighted by molar-refractivity contribution is 7.15. The molecule has 0 radical (unpaired) electrons. The number of aromatic nitrogens is 1. The van der Waals surface area contributed by atoms with Gasteiger partial charge in [0.2, 0.25) is 5.91 Å². The molecule has 5 nitrogen and oxygen atoms in total. The van der Waals surface area contributed by atoms with Gasteiger partial charge in [-0.15, -0.1) is 23.7 Å². The van der Waals surface area contributed by atoms with E-state index < -0.39 is 0 Å². The third kappa shape index (κ3) is 4.19. The van der Waals surface area contributed by atoms with E-state index in [9.17, 15) is 4.79 Å². The number of aryl methyl sites for hydroxylation is 2. The van der Waals surface area contributed by atoms with Crippen LogP contribution in [-0.4, -0.2) is 36.2 Å². The van der Waals surface area contributed by atoms with Crippen LogP contribution in [0, 0.1) is 0 Å². The molecule has 1 aliphatic heterocycles. The first-order valence-corrected chi connectivity index (χ1v) is 8.70. The molecule has 2 heterocycles. The van der Waals surface area contributed by atoms with E-state index in [0.717, 1.165) is 24.5 Å². The van der Waals surface area contributed by atoms with Gasteiger partial charge in [-0.25, -0.2) is 4.98 Å². The lowest BCUT2D eigenvalue weighted by Gasteiger charge is -2.28. The number of halogens is 1. The Kier molecular flexibility index (Phi) is 6.62. The van der Waals surface area contributed by atoms with Crippen LogP contribution in [0.3, 0.4) is 0 Å². The van der Waals surface area contributed by atoms with Crippen molar-refractivity contribution >= 4 is 34.8 Å². The maximum Gasteiger partial charge on any atom is 0.245 e. The van der Waals surface area contributed by atoms with Gasteiger partial charge in [0, 0.05) is 11.4 Å². The van der Waals surface area contributed by atoms with Crippen molar-refractivity contribution in [3.05, 3.63) is 10.6 Å². The Labute approximate surface area is 141 Å². The largest absolute Gasteiger partial charge is 0.375 e. The highest BCUT2D eigenvalue weighted by Crippen LogP contribution is 2.28. The lowest BCUT2D eigenvalue weighted by Crippen LogP contribution is -2.53. The lowest BCUT2D eigenvalue weighted by molar-refractivity contribution is -0.123. The number of ether oxygens (including phenoxy) is 1. The molecule has 0 spiro atoms. The van der Waals surface area contributed by atoms with Gasteiger partial charge in [0.25, 0.3) is 0 Å². The standard InChI is InChI=1S/C15H23N3O2S.ClH/c1-10-13(16-8-9-20-10)14(19)18-15-17-11-6-4-2-3-5-7-12(11)21-15;/h10,13,16H,2-9H2,1H3,(H,17,18,19);1H/t10-,13+;/m1./s1. The Morgan fingerprint density at radius 2 is 2.09 bits per heavy atom. The van der Waals surface area contributed by atoms with Gasteiger partial charge in [-0.3, -0.25) is 4.79 Å². The number of nitrogens with zero attached hydrogens (tertiary/aromatic N) is 1. The number of hydrogen-bond acceptors (Lipinski definition) is 5. The summed E-state index contributed by atoms with van der Waals surface area (Å²) in [5.41, 5.74) is 1.19. The summed E-state index contributed by atoms with van der Waals surface area (Å²) in [5.74, 6) is -0.0380. The van der Waals surface area contributed by atoms with Crippen LogP contribution in [0.1, 0.15) is 43.2 Å². The minimum Gasteiger partial charge on any atom is -0.375 e. The normalized spacial score (nSPS) is 25.3. The number of hydrogen-bond donors (Lipinski definition) is 2. The summed E-state index contributed by atoms with van der Waals surface area (Å²) < 4.78 is 5.52. The molecule has 0 saturated carbocycles. The Balaban J connectivity index is 0.00000176. The van der Waals surface area contributed by atoms with Crippen molar-refractivity contribution in [2.24, 2.45) is 0 Å². The van der Waals surface area contributed by atoms with E-state index in [-0.39, 0.29) is 30.5 Å². The number of morpholine rings is 1. The molecule has 1 saturated heterocycles. The van der Waals surface area contributed by atoms with Crippen LogP contribution in [0.25, 0.3) is 0 Å². The minimum absolute atomic E-state index is 0. The Morgan fingerprint density at radius 1 is 1.32 bits per heavy atom. The molecule has 0 aromatic carbocycles. The number of rotatable bonds is 2. The molecule has 2 atom stereocenters. The molecule has 1 aliphatic carbocycles. The first-order chi connectivity index (χ1) is 10.2. The number of fused-ring (bicyclic) bond motifs is 1. The van der Waals surface area contributed by atoms with Gasteiger partial charge in [0.15, 0.2) is 5.13 Å². The van der Waals surface area contributed by atoms with Gasteiger partial charge >= 0.3 is 0 Å². The van der Waals surface area contributed by atoms with Crippen molar-refractivity contribution in [1.29, 1.82) is 0 Å². The molecule has 2 aliphatic rings. The van der Waals surface area contributed by atoms with Gasteiger partial charge in [0.1, 0.15) is 6.04 Å². The van der Waals surface area contributed by atoms with Crippen LogP contribution in [-0.2, 0) is 22.4 Å². The van der Waals surface area contributed by atoms with Crippen molar-refractivity contribution in [1.82, 2.24) is 10.3 Å². The van der Waals surface area contributed by atoms with Crippen LogP contribution in [0.2, 0.25) is 0 Å². The minimum atomic E-state index is -0.287. The van der Waals surface area contributed by atoms with E-state index in [4.69, 9.17) is 4.74 Å². The van der Waals surface area contributed by atoms with Crippen LogP contribution in [0.5, 0.6) is 0 Å². The summed E-state index contributed by atoms with van der Waals surface area (Å²) in [7, 11) is 0. The van der Waals surface area contributed by atoms with Crippen LogP contribution >= 0.6 is 23.7 Å². The van der Waals surface area contributed by atoms with Crippen molar-refractivity contribution in [2.45, 2.75) is 57.6 Å². The Hall–Kier alpha value is -0.690. The van der Waals surface area contributed by atoms with Crippen molar-refractivity contribution in [3.63, 3.8) is 0 Å². The SMILES string of the molecule is C[C@H]1OCCN[C@@H]1C(=O)Nc1nc2c(s1)CCCCCC2.Cl. The Bertz CT molecular complexity index is 483. The fourth-order valence-electron chi connectivity index (χ4n) is 2.97. The number of anilines is 1. The van der Waals surface area contributed by atoms with E-state index in [0.29, 0.717) is 6.61 Å². The molecule has 2 N–H and O–H groups in total. The number of thiazole rings is 1. The van der Waals surface area contributed by atoms with Crippen LogP contribution in [0.15, 0.2) is 0 Å². The van der Waals surface area contributed by atoms with E-state index in [1.165, 1.54) is 36.3 Å². The monoisotopic (exact) mass is 345 g/mol. The van der Waals surface area contributed by atoms with Crippen molar-refractivity contribution in [2.75, 3.05) is 18.5 Å². The third-order valence-corrected chi connectivity index (χ3v) is 5.25.